The zero-order chi connectivity index (χ0) is 48.0. The Bertz CT molecular complexity index is 2050. The van der Waals surface area contributed by atoms with E-state index in [4.69, 9.17) is 0 Å². The fourth-order valence-corrected chi connectivity index (χ4v) is 7.46. The standard InChI is InChI=1S/C44H60N8O13/c1-5-23(3)36-42(63)47-29(18-25-9-13-27(54)14-10-25)38(59)48-31(19-26-11-15-28(55)16-12-26)44(65)52-17-7-8-33(52)41(62)45-21-34(56)46-30(20-35(57)58)39(60)50-37(24(4)6-2)43(64)49-32(22-53)40(61)51-36/h9-16,23-24,29-33,36-37,53-55H,5-8,17-22H2,1-4H3,(H,45,62)(H,46,56)(H,47,63)(H,48,59)(H,49,64)(H,50,60)(H,51,61)(H,57,58)/t23-,24-,29-,30-,31-,32-,33-,36-,37-/m0/s1. The molecule has 2 aliphatic heterocycles. The molecule has 0 unspecified atom stereocenters. The van der Waals surface area contributed by atoms with Crippen LogP contribution in [0.4, 0.5) is 0 Å². The largest absolute Gasteiger partial charge is 0.508 e. The number of aliphatic hydroxyl groups excluding tert-OH is 1. The first-order valence-electron chi connectivity index (χ1n) is 21.6. The van der Waals surface area contributed by atoms with Gasteiger partial charge in [-0.3, -0.25) is 43.2 Å². The number of aliphatic hydroxyl groups is 1. The predicted octanol–water partition coefficient (Wildman–Crippen LogP) is -1.53. The van der Waals surface area contributed by atoms with Gasteiger partial charge in [-0.1, -0.05) is 64.8 Å². The topological polar surface area (TPSA) is 322 Å². The van der Waals surface area contributed by atoms with Gasteiger partial charge in [0.2, 0.25) is 47.3 Å². The lowest BCUT2D eigenvalue weighted by molar-refractivity contribution is -0.142. The van der Waals surface area contributed by atoms with E-state index in [-0.39, 0.29) is 37.3 Å². The van der Waals surface area contributed by atoms with Gasteiger partial charge in [0.15, 0.2) is 0 Å². The molecular weight excluding hydrogens is 849 g/mol. The highest BCUT2D eigenvalue weighted by atomic mass is 16.4. The third-order valence-electron chi connectivity index (χ3n) is 11.7. The summed E-state index contributed by atoms with van der Waals surface area (Å²) in [4.78, 5) is 124. The highest BCUT2D eigenvalue weighted by Crippen LogP contribution is 2.21. The van der Waals surface area contributed by atoms with Crippen LogP contribution < -0.4 is 37.2 Å². The minimum absolute atomic E-state index is 0.0596. The average Bonchev–Trinajstić information content (AvgIpc) is 3.78. The summed E-state index contributed by atoms with van der Waals surface area (Å²) >= 11 is 0. The van der Waals surface area contributed by atoms with Gasteiger partial charge in [-0.05, 0) is 60.1 Å². The smallest absolute Gasteiger partial charge is 0.305 e. The summed E-state index contributed by atoms with van der Waals surface area (Å²) in [5.74, 6) is -9.93. The maximum Gasteiger partial charge on any atom is 0.305 e. The number of phenols is 2. The fourth-order valence-electron chi connectivity index (χ4n) is 7.46. The number of carbonyl (C=O) groups is 9. The Morgan fingerprint density at radius 3 is 1.58 bits per heavy atom. The highest BCUT2D eigenvalue weighted by molar-refractivity contribution is 5.99. The van der Waals surface area contributed by atoms with E-state index in [1.165, 1.54) is 53.4 Å². The van der Waals surface area contributed by atoms with E-state index in [1.807, 2.05) is 0 Å². The van der Waals surface area contributed by atoms with Gasteiger partial charge in [0.1, 0.15) is 53.8 Å². The van der Waals surface area contributed by atoms with Crippen molar-refractivity contribution < 1.29 is 63.6 Å². The number of nitrogens with one attached hydrogen (secondary N) is 7. The van der Waals surface area contributed by atoms with Crippen molar-refractivity contribution in [1.29, 1.82) is 0 Å². The Morgan fingerprint density at radius 1 is 0.631 bits per heavy atom. The van der Waals surface area contributed by atoms with Crippen molar-refractivity contribution in [2.24, 2.45) is 11.8 Å². The average molecular weight is 909 g/mol. The lowest BCUT2D eigenvalue weighted by Crippen LogP contribution is -2.62. The van der Waals surface area contributed by atoms with Gasteiger partial charge in [0.25, 0.3) is 0 Å². The number of carboxylic acid groups (broad SMARTS) is 1. The molecule has 0 aromatic heterocycles. The molecule has 0 aliphatic carbocycles. The van der Waals surface area contributed by atoms with E-state index in [1.54, 1.807) is 27.7 Å². The first-order chi connectivity index (χ1) is 30.8. The van der Waals surface area contributed by atoms with Gasteiger partial charge in [-0.15, -0.1) is 0 Å². The summed E-state index contributed by atoms with van der Waals surface area (Å²) in [6, 6.07) is 1.58. The maximum absolute atomic E-state index is 14.5. The van der Waals surface area contributed by atoms with Crippen LogP contribution in [-0.4, -0.2) is 141 Å². The van der Waals surface area contributed by atoms with Crippen LogP contribution in [0.2, 0.25) is 0 Å². The monoisotopic (exact) mass is 908 g/mol. The third-order valence-corrected chi connectivity index (χ3v) is 11.7. The molecule has 0 bridgehead atoms. The van der Waals surface area contributed by atoms with Crippen LogP contribution in [0.1, 0.15) is 70.9 Å². The highest BCUT2D eigenvalue weighted by Gasteiger charge is 2.40. The van der Waals surface area contributed by atoms with Crippen LogP contribution in [-0.2, 0) is 56.0 Å². The Kier molecular flexibility index (Phi) is 18.6. The summed E-state index contributed by atoms with van der Waals surface area (Å²) in [5.41, 5.74) is 0.994. The zero-order valence-corrected chi connectivity index (χ0v) is 36.8. The lowest BCUT2D eigenvalue weighted by Gasteiger charge is -2.31. The summed E-state index contributed by atoms with van der Waals surface area (Å²) < 4.78 is 0. The molecule has 8 amide bonds. The number of hydrogen-bond acceptors (Lipinski definition) is 12. The van der Waals surface area contributed by atoms with Crippen molar-refractivity contribution in [2.45, 2.75) is 115 Å². The van der Waals surface area contributed by atoms with Crippen molar-refractivity contribution in [3.63, 3.8) is 0 Å². The normalized spacial score (nSPS) is 25.6. The van der Waals surface area contributed by atoms with Crippen molar-refractivity contribution in [2.75, 3.05) is 19.7 Å². The molecule has 2 aromatic rings. The molecular formula is C44H60N8O13. The Labute approximate surface area is 375 Å². The van der Waals surface area contributed by atoms with Gasteiger partial charge < -0.3 is 62.5 Å². The van der Waals surface area contributed by atoms with Crippen molar-refractivity contribution in [3.05, 3.63) is 59.7 Å². The van der Waals surface area contributed by atoms with Crippen LogP contribution in [0.15, 0.2) is 48.5 Å². The number of amides is 8. The van der Waals surface area contributed by atoms with E-state index in [0.717, 1.165) is 0 Å². The molecule has 2 aliphatic rings. The lowest BCUT2D eigenvalue weighted by atomic mass is 9.96. The SMILES string of the molecule is CC[C@H](C)[C@@H]1NC(=O)[C@H](CO)NC(=O)[C@H]([C@@H](C)CC)NC(=O)[C@H](CC(=O)O)NC(=O)CNC(=O)[C@@H]2CCCN2C(=O)[C@H](Cc2ccc(O)cc2)NC(=O)[C@H](Cc2ccc(O)cc2)NC1=O. The third kappa shape index (κ3) is 14.4. The number of carboxylic acids is 1. The van der Waals surface area contributed by atoms with Gasteiger partial charge in [0.05, 0.1) is 19.6 Å². The van der Waals surface area contributed by atoms with Crippen LogP contribution >= 0.6 is 0 Å². The van der Waals surface area contributed by atoms with E-state index in [9.17, 15) is 63.6 Å². The second-order valence-electron chi connectivity index (χ2n) is 16.5. The molecule has 2 saturated heterocycles. The van der Waals surface area contributed by atoms with E-state index in [2.05, 4.69) is 37.2 Å². The number of benzene rings is 2. The minimum Gasteiger partial charge on any atom is -0.508 e. The number of aromatic hydroxyl groups is 2. The molecule has 9 atom stereocenters. The Balaban J connectivity index is 1.79. The molecule has 2 heterocycles. The molecule has 11 N–H and O–H groups in total. The molecule has 354 valence electrons. The van der Waals surface area contributed by atoms with Gasteiger partial charge in [0, 0.05) is 19.4 Å². The molecule has 21 nitrogen and oxygen atoms in total. The molecule has 0 radical (unpaired) electrons. The van der Waals surface area contributed by atoms with Crippen LogP contribution in [0.25, 0.3) is 0 Å². The van der Waals surface area contributed by atoms with Crippen molar-refractivity contribution in [3.8, 4) is 11.5 Å². The molecule has 2 aromatic carbocycles. The second kappa shape index (κ2) is 23.8. The summed E-state index contributed by atoms with van der Waals surface area (Å²) in [6.07, 6.45) is -0.0698. The predicted molar refractivity (Wildman–Crippen MR) is 231 cm³/mol. The van der Waals surface area contributed by atoms with E-state index < -0.39 is 127 Å². The number of fused-ring (bicyclic) bond motifs is 1. The Hall–Kier alpha value is -6.77. The zero-order valence-electron chi connectivity index (χ0n) is 36.8. The molecule has 2 fully saturated rings. The first kappa shape index (κ1) is 50.9. The second-order valence-corrected chi connectivity index (χ2v) is 16.5. The van der Waals surface area contributed by atoms with Crippen LogP contribution in [0, 0.1) is 11.8 Å². The number of rotatable bonds is 11. The Morgan fingerprint density at radius 2 is 1.09 bits per heavy atom. The first-order valence-corrected chi connectivity index (χ1v) is 21.6. The molecule has 21 heteroatoms. The maximum atomic E-state index is 14.5. The minimum atomic E-state index is -1.74. The summed E-state index contributed by atoms with van der Waals surface area (Å²) in [7, 11) is 0. The number of hydrogen-bond donors (Lipinski definition) is 11. The van der Waals surface area contributed by atoms with Gasteiger partial charge in [-0.2, -0.15) is 0 Å². The molecule has 0 saturated carbocycles. The fraction of sp³-hybridized carbons (Fsp3) is 0.523. The number of phenolic OH excluding ortho intramolecular Hbond substituents is 2. The number of nitrogens with zero attached hydrogens (tertiary/aromatic N) is 1. The summed E-state index contributed by atoms with van der Waals surface area (Å²) in [5, 5.41) is 57.3. The molecule has 0 spiro atoms. The van der Waals surface area contributed by atoms with Crippen molar-refractivity contribution in [1.82, 2.24) is 42.1 Å². The van der Waals surface area contributed by atoms with Gasteiger partial charge in [-0.25, -0.2) is 0 Å². The number of aliphatic carboxylic acids is 1. The number of carbonyl (C=O) groups excluding carboxylic acids is 8. The van der Waals surface area contributed by atoms with Gasteiger partial charge >= 0.3 is 5.97 Å². The quantitative estimate of drug-likeness (QED) is 0.122. The molecule has 4 rings (SSSR count). The molecule has 65 heavy (non-hydrogen) atoms. The van der Waals surface area contributed by atoms with Crippen LogP contribution in [0.3, 0.4) is 0 Å². The van der Waals surface area contributed by atoms with Crippen molar-refractivity contribution >= 4 is 53.2 Å². The van der Waals surface area contributed by atoms with E-state index >= 15 is 0 Å². The summed E-state index contributed by atoms with van der Waals surface area (Å²) in [6.45, 7) is 5.06. The van der Waals surface area contributed by atoms with Crippen LogP contribution in [0.5, 0.6) is 11.5 Å². The van der Waals surface area contributed by atoms with E-state index in [0.29, 0.717) is 30.4 Å².